The first-order chi connectivity index (χ1) is 15.3. The number of sulfonamides is 1. The number of hydrogen-bond donors (Lipinski definition) is 3. The van der Waals surface area contributed by atoms with Crippen molar-refractivity contribution in [1.29, 1.82) is 0 Å². The van der Waals surface area contributed by atoms with E-state index in [2.05, 4.69) is 10.0 Å². The summed E-state index contributed by atoms with van der Waals surface area (Å²) in [5.74, 6) is 1.18. The Morgan fingerprint density at radius 2 is 1.50 bits per heavy atom. The van der Waals surface area contributed by atoms with Crippen molar-refractivity contribution in [2.75, 3.05) is 26.1 Å². The van der Waals surface area contributed by atoms with E-state index in [-0.39, 0.29) is 11.4 Å². The number of ether oxygens (including phenoxy) is 2. The summed E-state index contributed by atoms with van der Waals surface area (Å²) in [4.78, 5) is 0.150. The van der Waals surface area contributed by atoms with Crippen LogP contribution in [0.25, 0.3) is 0 Å². The van der Waals surface area contributed by atoms with E-state index in [1.54, 1.807) is 56.7 Å². The number of rotatable bonds is 10. The largest absolute Gasteiger partial charge is 0.497 e. The summed E-state index contributed by atoms with van der Waals surface area (Å²) < 4.78 is 38.5. The maximum absolute atomic E-state index is 12.7. The average molecular weight is 457 g/mol. The van der Waals surface area contributed by atoms with E-state index in [9.17, 15) is 13.5 Å². The summed E-state index contributed by atoms with van der Waals surface area (Å²) in [7, 11) is -0.645. The van der Waals surface area contributed by atoms with Gasteiger partial charge < -0.3 is 19.9 Å². The van der Waals surface area contributed by atoms with Crippen LogP contribution in [0, 0.1) is 6.92 Å². The monoisotopic (exact) mass is 456 g/mol. The lowest BCUT2D eigenvalue weighted by Crippen LogP contribution is -2.38. The van der Waals surface area contributed by atoms with Crippen LogP contribution < -0.4 is 19.5 Å². The quantitative estimate of drug-likeness (QED) is 0.432. The SMILES string of the molecule is COc1cc(NC(c2ccccc2)C(O)CNS(=O)(=O)c2ccc(C)cc2)cc(OC)c1. The van der Waals surface area contributed by atoms with Gasteiger partial charge in [0.1, 0.15) is 11.5 Å². The van der Waals surface area contributed by atoms with Crippen LogP contribution in [0.1, 0.15) is 17.2 Å². The zero-order chi connectivity index (χ0) is 23.1. The molecule has 3 aromatic carbocycles. The van der Waals surface area contributed by atoms with Gasteiger partial charge in [0, 0.05) is 30.4 Å². The predicted molar refractivity (Wildman–Crippen MR) is 125 cm³/mol. The van der Waals surface area contributed by atoms with E-state index in [4.69, 9.17) is 9.47 Å². The van der Waals surface area contributed by atoms with Crippen molar-refractivity contribution >= 4 is 15.7 Å². The number of aliphatic hydroxyl groups is 1. The number of anilines is 1. The normalized spacial score (nSPS) is 13.2. The molecule has 3 N–H and O–H groups in total. The molecule has 3 rings (SSSR count). The second kappa shape index (κ2) is 10.5. The van der Waals surface area contributed by atoms with Gasteiger partial charge in [-0.1, -0.05) is 48.0 Å². The molecule has 32 heavy (non-hydrogen) atoms. The Bertz CT molecular complexity index is 1100. The summed E-state index contributed by atoms with van der Waals surface area (Å²) in [6, 6.07) is 20.6. The molecule has 0 heterocycles. The van der Waals surface area contributed by atoms with Crippen molar-refractivity contribution in [3.8, 4) is 11.5 Å². The molecule has 0 saturated carbocycles. The van der Waals surface area contributed by atoms with Crippen molar-refractivity contribution < 1.29 is 23.0 Å². The Kier molecular flexibility index (Phi) is 7.74. The first-order valence-corrected chi connectivity index (χ1v) is 11.6. The van der Waals surface area contributed by atoms with Gasteiger partial charge in [0.2, 0.25) is 10.0 Å². The van der Waals surface area contributed by atoms with Gasteiger partial charge >= 0.3 is 0 Å². The highest BCUT2D eigenvalue weighted by molar-refractivity contribution is 7.89. The summed E-state index contributed by atoms with van der Waals surface area (Å²) in [6.45, 7) is 1.71. The Morgan fingerprint density at radius 3 is 2.06 bits per heavy atom. The van der Waals surface area contributed by atoms with E-state index < -0.39 is 22.2 Å². The predicted octanol–water partition coefficient (Wildman–Crippen LogP) is 3.50. The fourth-order valence-corrected chi connectivity index (χ4v) is 4.30. The molecule has 3 aromatic rings. The minimum Gasteiger partial charge on any atom is -0.497 e. The standard InChI is InChI=1S/C24H28N2O5S/c1-17-9-11-22(12-10-17)32(28,29)25-16-23(27)24(18-7-5-4-6-8-18)26-19-13-20(30-2)15-21(14-19)31-3/h4-15,23-27H,16H2,1-3H3. The number of aryl methyl sites for hydroxylation is 1. The molecule has 0 radical (unpaired) electrons. The van der Waals surface area contributed by atoms with E-state index in [1.165, 1.54) is 0 Å². The minimum absolute atomic E-state index is 0.150. The zero-order valence-corrected chi connectivity index (χ0v) is 19.1. The van der Waals surface area contributed by atoms with Crippen LogP contribution in [0.2, 0.25) is 0 Å². The molecule has 170 valence electrons. The third kappa shape index (κ3) is 6.00. The van der Waals surface area contributed by atoms with Crippen molar-refractivity contribution in [3.63, 3.8) is 0 Å². The van der Waals surface area contributed by atoms with Gasteiger partial charge in [0.15, 0.2) is 0 Å². The molecule has 0 bridgehead atoms. The Morgan fingerprint density at radius 1 is 0.906 bits per heavy atom. The number of aliphatic hydroxyl groups excluding tert-OH is 1. The highest BCUT2D eigenvalue weighted by atomic mass is 32.2. The van der Waals surface area contributed by atoms with E-state index in [0.29, 0.717) is 17.2 Å². The van der Waals surface area contributed by atoms with Crippen molar-refractivity contribution in [1.82, 2.24) is 4.72 Å². The molecule has 0 aliphatic heterocycles. The number of benzene rings is 3. The lowest BCUT2D eigenvalue weighted by atomic mass is 10.0. The molecular formula is C24H28N2O5S. The summed E-state index contributed by atoms with van der Waals surface area (Å²) >= 11 is 0. The van der Waals surface area contributed by atoms with E-state index >= 15 is 0 Å². The molecule has 0 saturated heterocycles. The molecular weight excluding hydrogens is 428 g/mol. The minimum atomic E-state index is -3.76. The Hall–Kier alpha value is -3.07. The third-order valence-electron chi connectivity index (χ3n) is 5.03. The molecule has 0 amide bonds. The first kappa shape index (κ1) is 23.6. The second-order valence-corrected chi connectivity index (χ2v) is 9.13. The third-order valence-corrected chi connectivity index (χ3v) is 6.47. The van der Waals surface area contributed by atoms with E-state index in [1.807, 2.05) is 37.3 Å². The molecule has 0 aliphatic carbocycles. The van der Waals surface area contributed by atoms with Gasteiger partial charge in [-0.2, -0.15) is 0 Å². The maximum atomic E-state index is 12.7. The fourth-order valence-electron chi connectivity index (χ4n) is 3.25. The second-order valence-electron chi connectivity index (χ2n) is 7.37. The molecule has 0 aliphatic rings. The van der Waals surface area contributed by atoms with Crippen LogP contribution in [-0.2, 0) is 10.0 Å². The van der Waals surface area contributed by atoms with Gasteiger partial charge in [0.25, 0.3) is 0 Å². The molecule has 8 heteroatoms. The number of nitrogens with one attached hydrogen (secondary N) is 2. The molecule has 2 atom stereocenters. The van der Waals surface area contributed by atoms with Gasteiger partial charge in [0.05, 0.1) is 31.3 Å². The van der Waals surface area contributed by atoms with Crippen molar-refractivity contribution in [2.45, 2.75) is 24.0 Å². The topological polar surface area (TPSA) is 96.9 Å². The van der Waals surface area contributed by atoms with Crippen molar-refractivity contribution in [2.24, 2.45) is 0 Å². The van der Waals surface area contributed by atoms with Gasteiger partial charge in [-0.25, -0.2) is 13.1 Å². The lowest BCUT2D eigenvalue weighted by Gasteiger charge is -2.26. The van der Waals surface area contributed by atoms with Crippen LogP contribution in [0.5, 0.6) is 11.5 Å². The highest BCUT2D eigenvalue weighted by Crippen LogP contribution is 2.30. The molecule has 0 fully saturated rings. The zero-order valence-electron chi connectivity index (χ0n) is 18.3. The van der Waals surface area contributed by atoms with Gasteiger partial charge in [-0.3, -0.25) is 0 Å². The Labute approximate surface area is 189 Å². The lowest BCUT2D eigenvalue weighted by molar-refractivity contribution is 0.156. The summed E-state index contributed by atoms with van der Waals surface area (Å²) in [5.41, 5.74) is 2.43. The van der Waals surface area contributed by atoms with Crippen LogP contribution >= 0.6 is 0 Å². The fraction of sp³-hybridized carbons (Fsp3) is 0.250. The Balaban J connectivity index is 1.82. The molecule has 2 unspecified atom stereocenters. The maximum Gasteiger partial charge on any atom is 0.240 e. The van der Waals surface area contributed by atoms with Gasteiger partial charge in [-0.15, -0.1) is 0 Å². The molecule has 0 aromatic heterocycles. The van der Waals surface area contributed by atoms with Crippen molar-refractivity contribution in [3.05, 3.63) is 83.9 Å². The van der Waals surface area contributed by atoms with Crippen LogP contribution in [-0.4, -0.2) is 40.4 Å². The highest BCUT2D eigenvalue weighted by Gasteiger charge is 2.24. The average Bonchev–Trinajstić information content (AvgIpc) is 2.81. The van der Waals surface area contributed by atoms with Crippen LogP contribution in [0.4, 0.5) is 5.69 Å². The first-order valence-electron chi connectivity index (χ1n) is 10.1. The molecule has 7 nitrogen and oxygen atoms in total. The summed E-state index contributed by atoms with van der Waals surface area (Å²) in [6.07, 6.45) is -1.06. The van der Waals surface area contributed by atoms with E-state index in [0.717, 1.165) is 11.1 Å². The smallest absolute Gasteiger partial charge is 0.240 e. The number of methoxy groups -OCH3 is 2. The van der Waals surface area contributed by atoms with Crippen LogP contribution in [0.3, 0.4) is 0 Å². The van der Waals surface area contributed by atoms with Gasteiger partial charge in [-0.05, 0) is 24.6 Å². The molecule has 0 spiro atoms. The number of hydrogen-bond acceptors (Lipinski definition) is 6. The summed E-state index contributed by atoms with van der Waals surface area (Å²) in [5, 5.41) is 14.3. The van der Waals surface area contributed by atoms with Crippen LogP contribution in [0.15, 0.2) is 77.7 Å².